The Labute approximate surface area is 149 Å². The van der Waals surface area contributed by atoms with Gasteiger partial charge in [-0.05, 0) is 36.1 Å². The number of amidine groups is 1. The molecule has 0 bridgehead atoms. The van der Waals surface area contributed by atoms with E-state index < -0.39 is 0 Å². The minimum Gasteiger partial charge on any atom is -0.507 e. The first kappa shape index (κ1) is 16.6. The smallest absolute Gasteiger partial charge is 0.278 e. The number of nitrogens with zero attached hydrogens (tertiary/aromatic N) is 2. The van der Waals surface area contributed by atoms with Crippen molar-refractivity contribution in [3.63, 3.8) is 0 Å². The largest absolute Gasteiger partial charge is 0.507 e. The number of phenolic OH excluding ortho intramolecular Hbond substituents is 1. The number of hydrogen-bond donors (Lipinski definition) is 1. The van der Waals surface area contributed by atoms with Crippen molar-refractivity contribution in [3.8, 4) is 5.75 Å². The number of phenols is 1. The third kappa shape index (κ3) is 3.47. The molecule has 4 nitrogen and oxygen atoms in total. The predicted molar refractivity (Wildman–Crippen MR) is 99.0 cm³/mol. The number of thioether (sulfide) groups is 1. The van der Waals surface area contributed by atoms with Gasteiger partial charge in [-0.2, -0.15) is 0 Å². The van der Waals surface area contributed by atoms with Gasteiger partial charge in [-0.3, -0.25) is 9.69 Å². The van der Waals surface area contributed by atoms with Gasteiger partial charge in [-0.15, -0.1) is 0 Å². The molecule has 3 rings (SSSR count). The average molecular weight is 359 g/mol. The number of amides is 1. The van der Waals surface area contributed by atoms with Gasteiger partial charge in [0.05, 0.1) is 6.54 Å². The molecule has 0 atom stereocenters. The van der Waals surface area contributed by atoms with Crippen LogP contribution < -0.4 is 0 Å². The maximum atomic E-state index is 12.7. The van der Waals surface area contributed by atoms with Crippen LogP contribution >= 0.6 is 23.4 Å². The van der Waals surface area contributed by atoms with Crippen LogP contribution in [0.5, 0.6) is 5.75 Å². The molecule has 24 heavy (non-hydrogen) atoms. The Morgan fingerprint density at radius 3 is 2.58 bits per heavy atom. The highest BCUT2D eigenvalue weighted by Crippen LogP contribution is 2.27. The lowest BCUT2D eigenvalue weighted by atomic mass is 10.1. The first-order valence-corrected chi connectivity index (χ1v) is 8.87. The van der Waals surface area contributed by atoms with E-state index in [-0.39, 0.29) is 11.7 Å². The third-order valence-corrected chi connectivity index (χ3v) is 4.51. The predicted octanol–water partition coefficient (Wildman–Crippen LogP) is 4.15. The fraction of sp³-hybridized carbons (Fsp3) is 0.111. The number of hydrogen-bond acceptors (Lipinski definition) is 4. The Balaban J connectivity index is 1.88. The Morgan fingerprint density at radius 2 is 1.92 bits per heavy atom. The van der Waals surface area contributed by atoms with E-state index >= 15 is 0 Å². The van der Waals surface area contributed by atoms with Gasteiger partial charge in [0.15, 0.2) is 5.17 Å². The van der Waals surface area contributed by atoms with E-state index in [1.165, 1.54) is 11.8 Å². The van der Waals surface area contributed by atoms with Gasteiger partial charge in [-0.25, -0.2) is 4.99 Å². The average Bonchev–Trinajstić information content (AvgIpc) is 2.88. The SMILES string of the molecule is CSC1=N/C(=C\c2ccccc2O)C(=O)N1Cc1ccc(Cl)cc1. The highest BCUT2D eigenvalue weighted by molar-refractivity contribution is 8.13. The van der Waals surface area contributed by atoms with E-state index in [0.29, 0.717) is 28.0 Å². The molecule has 0 spiro atoms. The number of carbonyl (C=O) groups excluding carboxylic acids is 1. The molecule has 0 unspecified atom stereocenters. The van der Waals surface area contributed by atoms with Crippen molar-refractivity contribution in [2.75, 3.05) is 6.26 Å². The number of aliphatic imine (C=N–C) groups is 1. The number of halogens is 1. The molecule has 1 heterocycles. The summed E-state index contributed by atoms with van der Waals surface area (Å²) in [4.78, 5) is 18.7. The van der Waals surface area contributed by atoms with E-state index in [0.717, 1.165) is 5.56 Å². The van der Waals surface area contributed by atoms with Crippen molar-refractivity contribution in [2.45, 2.75) is 6.54 Å². The fourth-order valence-corrected chi connectivity index (χ4v) is 3.04. The second-order valence-corrected chi connectivity index (χ2v) is 6.41. The zero-order valence-electron chi connectivity index (χ0n) is 12.9. The first-order valence-electron chi connectivity index (χ1n) is 7.27. The second kappa shape index (κ2) is 7.11. The van der Waals surface area contributed by atoms with Crippen LogP contribution in [0.25, 0.3) is 6.08 Å². The molecule has 1 amide bonds. The van der Waals surface area contributed by atoms with E-state index in [1.54, 1.807) is 47.4 Å². The maximum absolute atomic E-state index is 12.7. The molecule has 0 aliphatic carbocycles. The maximum Gasteiger partial charge on any atom is 0.278 e. The van der Waals surface area contributed by atoms with E-state index in [9.17, 15) is 9.90 Å². The zero-order valence-corrected chi connectivity index (χ0v) is 14.5. The molecule has 0 fully saturated rings. The molecule has 1 aliphatic heterocycles. The normalized spacial score (nSPS) is 15.9. The molecule has 1 N–H and O–H groups in total. The van der Waals surface area contributed by atoms with E-state index in [1.807, 2.05) is 18.4 Å². The summed E-state index contributed by atoms with van der Waals surface area (Å²) in [6.45, 7) is 0.424. The van der Waals surface area contributed by atoms with Crippen molar-refractivity contribution in [3.05, 3.63) is 70.4 Å². The number of carbonyl (C=O) groups is 1. The van der Waals surface area contributed by atoms with Crippen LogP contribution in [0, 0.1) is 0 Å². The van der Waals surface area contributed by atoms with Gasteiger partial charge in [-0.1, -0.05) is 53.7 Å². The van der Waals surface area contributed by atoms with Gasteiger partial charge in [0.25, 0.3) is 5.91 Å². The van der Waals surface area contributed by atoms with Gasteiger partial charge in [0, 0.05) is 10.6 Å². The number of rotatable bonds is 3. The lowest BCUT2D eigenvalue weighted by Crippen LogP contribution is -2.29. The van der Waals surface area contributed by atoms with Crippen LogP contribution in [0.15, 0.2) is 59.2 Å². The van der Waals surface area contributed by atoms with Crippen LogP contribution in [0.4, 0.5) is 0 Å². The van der Waals surface area contributed by atoms with Crippen molar-refractivity contribution in [1.29, 1.82) is 0 Å². The summed E-state index contributed by atoms with van der Waals surface area (Å²) in [6, 6.07) is 14.2. The number of aromatic hydroxyl groups is 1. The summed E-state index contributed by atoms with van der Waals surface area (Å²) >= 11 is 7.31. The highest BCUT2D eigenvalue weighted by Gasteiger charge is 2.29. The van der Waals surface area contributed by atoms with Crippen molar-refractivity contribution in [1.82, 2.24) is 4.90 Å². The summed E-state index contributed by atoms with van der Waals surface area (Å²) < 4.78 is 0. The molecule has 122 valence electrons. The molecular formula is C18H15ClN2O2S. The van der Waals surface area contributed by atoms with Crippen LogP contribution in [0.2, 0.25) is 5.02 Å². The van der Waals surface area contributed by atoms with Crippen LogP contribution in [-0.2, 0) is 11.3 Å². The monoisotopic (exact) mass is 358 g/mol. The summed E-state index contributed by atoms with van der Waals surface area (Å²) in [5, 5.41) is 11.2. The second-order valence-electron chi connectivity index (χ2n) is 5.20. The topological polar surface area (TPSA) is 52.9 Å². The van der Waals surface area contributed by atoms with Crippen molar-refractivity contribution in [2.24, 2.45) is 4.99 Å². The van der Waals surface area contributed by atoms with Crippen molar-refractivity contribution >= 4 is 40.5 Å². The molecule has 6 heteroatoms. The van der Waals surface area contributed by atoms with Gasteiger partial charge >= 0.3 is 0 Å². The molecule has 0 saturated carbocycles. The highest BCUT2D eigenvalue weighted by atomic mass is 35.5. The molecule has 2 aromatic carbocycles. The van der Waals surface area contributed by atoms with Crippen LogP contribution in [0.3, 0.4) is 0 Å². The minimum atomic E-state index is -0.183. The summed E-state index contributed by atoms with van der Waals surface area (Å²) in [7, 11) is 0. The first-order chi connectivity index (χ1) is 11.6. The lowest BCUT2D eigenvalue weighted by Gasteiger charge is -2.16. The summed E-state index contributed by atoms with van der Waals surface area (Å²) in [6.07, 6.45) is 3.49. The zero-order chi connectivity index (χ0) is 17.1. The minimum absolute atomic E-state index is 0.120. The molecule has 0 radical (unpaired) electrons. The number of para-hydroxylation sites is 1. The van der Waals surface area contributed by atoms with Crippen molar-refractivity contribution < 1.29 is 9.90 Å². The van der Waals surface area contributed by atoms with E-state index in [2.05, 4.69) is 4.99 Å². The molecule has 1 aliphatic rings. The Bertz CT molecular complexity index is 831. The van der Waals surface area contributed by atoms with Gasteiger partial charge in [0.1, 0.15) is 11.4 Å². The Hall–Kier alpha value is -2.24. The molecule has 0 saturated heterocycles. The number of benzene rings is 2. The molecule has 0 aromatic heterocycles. The fourth-order valence-electron chi connectivity index (χ4n) is 2.35. The summed E-state index contributed by atoms with van der Waals surface area (Å²) in [5.41, 5.74) is 1.85. The quantitative estimate of drug-likeness (QED) is 0.838. The molecule has 2 aromatic rings. The van der Waals surface area contributed by atoms with Crippen LogP contribution in [-0.4, -0.2) is 27.3 Å². The van der Waals surface area contributed by atoms with Crippen LogP contribution in [0.1, 0.15) is 11.1 Å². The van der Waals surface area contributed by atoms with Gasteiger partial charge in [0.2, 0.25) is 0 Å². The van der Waals surface area contributed by atoms with E-state index in [4.69, 9.17) is 11.6 Å². The third-order valence-electron chi connectivity index (χ3n) is 3.58. The molecular weight excluding hydrogens is 344 g/mol. The lowest BCUT2D eigenvalue weighted by molar-refractivity contribution is -0.122. The van der Waals surface area contributed by atoms with Gasteiger partial charge < -0.3 is 5.11 Å². The Kier molecular flexibility index (Phi) is 4.92. The Morgan fingerprint density at radius 1 is 1.21 bits per heavy atom. The summed E-state index contributed by atoms with van der Waals surface area (Å²) in [5.74, 6) is -0.0626. The standard InChI is InChI=1S/C18H15ClN2O2S/c1-24-18-20-15(10-13-4-2-3-5-16(13)22)17(23)21(18)11-12-6-8-14(19)9-7-12/h2-10,22H,11H2,1H3/b15-10-.